The maximum Gasteiger partial charge on any atom is 0.119 e. The van der Waals surface area contributed by atoms with Gasteiger partial charge in [0.2, 0.25) is 0 Å². The van der Waals surface area contributed by atoms with Crippen molar-refractivity contribution in [1.82, 2.24) is 5.32 Å². The Hall–Kier alpha value is -1.28. The molecule has 0 aliphatic heterocycles. The first-order chi connectivity index (χ1) is 8.22. The van der Waals surface area contributed by atoms with E-state index in [1.54, 1.807) is 0 Å². The molecule has 0 aromatic heterocycles. The Balaban J connectivity index is 2.33. The Morgan fingerprint density at radius 3 is 2.53 bits per heavy atom. The molecule has 2 heteroatoms. The topological polar surface area (TPSA) is 21.3 Å². The standard InChI is InChI=1S/C15H23NO/c1-4-17-15-10-8-14(9-11-15)7-5-6-12-16-13(2)3/h5,7-11,13,16H,4,6,12H2,1-3H3. The normalized spacial score (nSPS) is 11.3. The number of benzene rings is 1. The summed E-state index contributed by atoms with van der Waals surface area (Å²) < 4.78 is 5.40. The van der Waals surface area contributed by atoms with Crippen molar-refractivity contribution in [2.45, 2.75) is 33.2 Å². The number of rotatable bonds is 7. The summed E-state index contributed by atoms with van der Waals surface area (Å²) in [5, 5.41) is 3.39. The minimum Gasteiger partial charge on any atom is -0.494 e. The summed E-state index contributed by atoms with van der Waals surface area (Å²) in [5.74, 6) is 0.936. The maximum atomic E-state index is 5.40. The van der Waals surface area contributed by atoms with Gasteiger partial charge in [0.25, 0.3) is 0 Å². The van der Waals surface area contributed by atoms with Gasteiger partial charge in [0.15, 0.2) is 0 Å². The fourth-order valence-electron chi connectivity index (χ4n) is 1.52. The van der Waals surface area contributed by atoms with Crippen LogP contribution in [0.25, 0.3) is 6.08 Å². The van der Waals surface area contributed by atoms with Gasteiger partial charge in [0.05, 0.1) is 6.61 Å². The molecule has 0 saturated carbocycles. The van der Waals surface area contributed by atoms with E-state index in [2.05, 4.69) is 43.4 Å². The SMILES string of the molecule is CCOc1ccc(C=CCCNC(C)C)cc1. The molecule has 0 heterocycles. The fraction of sp³-hybridized carbons (Fsp3) is 0.467. The monoisotopic (exact) mass is 233 g/mol. The Kier molecular flexibility index (Phi) is 6.41. The average molecular weight is 233 g/mol. The summed E-state index contributed by atoms with van der Waals surface area (Å²) >= 11 is 0. The first-order valence-electron chi connectivity index (χ1n) is 6.35. The third-order valence-corrected chi connectivity index (χ3v) is 2.36. The molecule has 17 heavy (non-hydrogen) atoms. The Labute approximate surface area is 105 Å². The van der Waals surface area contributed by atoms with Crippen molar-refractivity contribution in [3.8, 4) is 5.75 Å². The van der Waals surface area contributed by atoms with Gasteiger partial charge in [-0.3, -0.25) is 0 Å². The van der Waals surface area contributed by atoms with Crippen LogP contribution in [0.5, 0.6) is 5.75 Å². The molecular weight excluding hydrogens is 210 g/mol. The quantitative estimate of drug-likeness (QED) is 0.728. The highest BCUT2D eigenvalue weighted by molar-refractivity contribution is 5.50. The molecule has 0 aliphatic carbocycles. The van der Waals surface area contributed by atoms with Gasteiger partial charge in [-0.15, -0.1) is 0 Å². The maximum absolute atomic E-state index is 5.40. The highest BCUT2D eigenvalue weighted by Gasteiger charge is 1.92. The molecule has 1 aromatic rings. The van der Waals surface area contributed by atoms with E-state index in [0.29, 0.717) is 6.04 Å². The van der Waals surface area contributed by atoms with E-state index in [-0.39, 0.29) is 0 Å². The Bertz CT molecular complexity index is 327. The summed E-state index contributed by atoms with van der Waals surface area (Å²) in [6.07, 6.45) is 5.41. The third-order valence-electron chi connectivity index (χ3n) is 2.36. The van der Waals surface area contributed by atoms with Crippen LogP contribution < -0.4 is 10.1 Å². The van der Waals surface area contributed by atoms with Crippen molar-refractivity contribution in [1.29, 1.82) is 0 Å². The molecule has 0 unspecified atom stereocenters. The minimum absolute atomic E-state index is 0.564. The lowest BCUT2D eigenvalue weighted by Crippen LogP contribution is -2.23. The van der Waals surface area contributed by atoms with Crippen LogP contribution in [0.4, 0.5) is 0 Å². The Morgan fingerprint density at radius 2 is 1.94 bits per heavy atom. The number of hydrogen-bond acceptors (Lipinski definition) is 2. The molecule has 0 radical (unpaired) electrons. The Morgan fingerprint density at radius 1 is 1.24 bits per heavy atom. The zero-order chi connectivity index (χ0) is 12.5. The van der Waals surface area contributed by atoms with Crippen LogP contribution in [0.3, 0.4) is 0 Å². The van der Waals surface area contributed by atoms with E-state index in [4.69, 9.17) is 4.74 Å². The summed E-state index contributed by atoms with van der Waals surface area (Å²) in [6, 6.07) is 8.74. The zero-order valence-electron chi connectivity index (χ0n) is 11.1. The lowest BCUT2D eigenvalue weighted by atomic mass is 10.2. The van der Waals surface area contributed by atoms with E-state index in [1.165, 1.54) is 5.56 Å². The van der Waals surface area contributed by atoms with Crippen molar-refractivity contribution in [3.05, 3.63) is 35.9 Å². The molecule has 2 nitrogen and oxygen atoms in total. The summed E-state index contributed by atoms with van der Waals surface area (Å²) in [4.78, 5) is 0. The molecule has 0 bridgehead atoms. The number of hydrogen-bond donors (Lipinski definition) is 1. The van der Waals surface area contributed by atoms with Gasteiger partial charge in [-0.1, -0.05) is 38.1 Å². The minimum atomic E-state index is 0.564. The lowest BCUT2D eigenvalue weighted by molar-refractivity contribution is 0.340. The summed E-state index contributed by atoms with van der Waals surface area (Å²) in [6.45, 7) is 8.07. The molecule has 94 valence electrons. The number of ether oxygens (including phenoxy) is 1. The van der Waals surface area contributed by atoms with Crippen LogP contribution in [-0.4, -0.2) is 19.2 Å². The van der Waals surface area contributed by atoms with Gasteiger partial charge < -0.3 is 10.1 Å². The molecule has 1 rings (SSSR count). The predicted molar refractivity (Wildman–Crippen MR) is 74.4 cm³/mol. The highest BCUT2D eigenvalue weighted by atomic mass is 16.5. The zero-order valence-corrected chi connectivity index (χ0v) is 11.1. The number of nitrogens with one attached hydrogen (secondary N) is 1. The van der Waals surface area contributed by atoms with E-state index >= 15 is 0 Å². The molecule has 0 saturated heterocycles. The van der Waals surface area contributed by atoms with Crippen LogP contribution in [0.2, 0.25) is 0 Å². The molecule has 0 spiro atoms. The van der Waals surface area contributed by atoms with E-state index in [9.17, 15) is 0 Å². The second-order valence-electron chi connectivity index (χ2n) is 4.30. The van der Waals surface area contributed by atoms with Crippen LogP contribution >= 0.6 is 0 Å². The second kappa shape index (κ2) is 7.91. The van der Waals surface area contributed by atoms with Crippen molar-refractivity contribution in [2.24, 2.45) is 0 Å². The van der Waals surface area contributed by atoms with Gasteiger partial charge in [-0.25, -0.2) is 0 Å². The second-order valence-corrected chi connectivity index (χ2v) is 4.30. The van der Waals surface area contributed by atoms with Gasteiger partial charge >= 0.3 is 0 Å². The average Bonchev–Trinajstić information content (AvgIpc) is 2.31. The van der Waals surface area contributed by atoms with Gasteiger partial charge in [0, 0.05) is 6.04 Å². The van der Waals surface area contributed by atoms with Crippen molar-refractivity contribution < 1.29 is 4.74 Å². The largest absolute Gasteiger partial charge is 0.494 e. The van der Waals surface area contributed by atoms with Crippen LogP contribution in [0, 0.1) is 0 Å². The molecule has 0 atom stereocenters. The van der Waals surface area contributed by atoms with E-state index in [1.807, 2.05) is 19.1 Å². The van der Waals surface area contributed by atoms with Gasteiger partial charge in [0.1, 0.15) is 5.75 Å². The predicted octanol–water partition coefficient (Wildman–Crippen LogP) is 3.49. The third kappa shape index (κ3) is 6.12. The summed E-state index contributed by atoms with van der Waals surface area (Å²) in [7, 11) is 0. The highest BCUT2D eigenvalue weighted by Crippen LogP contribution is 2.13. The van der Waals surface area contributed by atoms with Crippen molar-refractivity contribution >= 4 is 6.08 Å². The first kappa shape index (κ1) is 13.8. The smallest absolute Gasteiger partial charge is 0.119 e. The van der Waals surface area contributed by atoms with Crippen LogP contribution in [-0.2, 0) is 0 Å². The molecule has 0 fully saturated rings. The molecular formula is C15H23NO. The summed E-state index contributed by atoms with van der Waals surface area (Å²) in [5.41, 5.74) is 1.22. The van der Waals surface area contributed by atoms with Crippen LogP contribution in [0.15, 0.2) is 30.3 Å². The van der Waals surface area contributed by atoms with Crippen molar-refractivity contribution in [2.75, 3.05) is 13.2 Å². The van der Waals surface area contributed by atoms with E-state index < -0.39 is 0 Å². The van der Waals surface area contributed by atoms with Gasteiger partial charge in [-0.05, 0) is 37.6 Å². The molecule has 0 aliphatic rings. The van der Waals surface area contributed by atoms with E-state index in [0.717, 1.165) is 25.3 Å². The van der Waals surface area contributed by atoms with Crippen molar-refractivity contribution in [3.63, 3.8) is 0 Å². The molecule has 1 aromatic carbocycles. The van der Waals surface area contributed by atoms with Crippen LogP contribution in [0.1, 0.15) is 32.8 Å². The first-order valence-corrected chi connectivity index (χ1v) is 6.35. The fourth-order valence-corrected chi connectivity index (χ4v) is 1.52. The van der Waals surface area contributed by atoms with Gasteiger partial charge in [-0.2, -0.15) is 0 Å². The molecule has 0 amide bonds. The lowest BCUT2D eigenvalue weighted by Gasteiger charge is -2.05. The molecule has 1 N–H and O–H groups in total.